The highest BCUT2D eigenvalue weighted by Gasteiger charge is 2.27. The molecule has 3 rings (SSSR count). The fraction of sp³-hybridized carbons (Fsp3) is 0.682. The van der Waals surface area contributed by atoms with Gasteiger partial charge in [-0.2, -0.15) is 0 Å². The van der Waals surface area contributed by atoms with E-state index in [1.54, 1.807) is 0 Å². The molecule has 2 aliphatic rings. The molecule has 1 aromatic rings. The Kier molecular flexibility index (Phi) is 7.83. The molecule has 1 unspecified atom stereocenters. The number of halogens is 1. The summed E-state index contributed by atoms with van der Waals surface area (Å²) in [6.45, 7) is 6.49. The van der Waals surface area contributed by atoms with Crippen molar-refractivity contribution in [2.75, 3.05) is 32.8 Å². The highest BCUT2D eigenvalue weighted by molar-refractivity contribution is 6.31. The van der Waals surface area contributed by atoms with Crippen molar-refractivity contribution in [2.45, 2.75) is 64.3 Å². The van der Waals surface area contributed by atoms with E-state index >= 15 is 0 Å². The number of ether oxygens (including phenoxy) is 1. The average molecular weight is 393 g/mol. The van der Waals surface area contributed by atoms with Gasteiger partial charge in [-0.15, -0.1) is 0 Å². The molecule has 0 aliphatic carbocycles. The minimum absolute atomic E-state index is 0.112. The Bertz CT molecular complexity index is 614. The summed E-state index contributed by atoms with van der Waals surface area (Å²) in [6, 6.07) is 5.91. The molecule has 0 aromatic heterocycles. The normalized spacial score (nSPS) is 21.7. The first-order valence-electron chi connectivity index (χ1n) is 10.5. The topological polar surface area (TPSA) is 32.8 Å². The summed E-state index contributed by atoms with van der Waals surface area (Å²) in [5, 5.41) is 0.721. The highest BCUT2D eigenvalue weighted by Crippen LogP contribution is 2.23. The summed E-state index contributed by atoms with van der Waals surface area (Å²) < 4.78 is 5.76. The smallest absolute Gasteiger partial charge is 0.260 e. The second kappa shape index (κ2) is 10.3. The van der Waals surface area contributed by atoms with Gasteiger partial charge in [0.25, 0.3) is 5.91 Å². The molecule has 4 nitrogen and oxygen atoms in total. The van der Waals surface area contributed by atoms with Gasteiger partial charge in [-0.1, -0.05) is 24.4 Å². The molecule has 1 amide bonds. The second-order valence-electron chi connectivity index (χ2n) is 7.98. The monoisotopic (exact) mass is 392 g/mol. The van der Waals surface area contributed by atoms with E-state index in [1.807, 2.05) is 25.1 Å². The van der Waals surface area contributed by atoms with Crippen LogP contribution >= 0.6 is 11.6 Å². The molecule has 2 fully saturated rings. The van der Waals surface area contributed by atoms with Gasteiger partial charge in [0.1, 0.15) is 5.75 Å². The Balaban J connectivity index is 1.50. The van der Waals surface area contributed by atoms with Crippen LogP contribution in [0.5, 0.6) is 5.75 Å². The largest absolute Gasteiger partial charge is 0.484 e. The van der Waals surface area contributed by atoms with Crippen LogP contribution in [0.1, 0.15) is 56.9 Å². The third kappa shape index (κ3) is 6.11. The predicted molar refractivity (Wildman–Crippen MR) is 111 cm³/mol. The van der Waals surface area contributed by atoms with E-state index in [1.165, 1.54) is 45.2 Å². The van der Waals surface area contributed by atoms with Gasteiger partial charge in [0.15, 0.2) is 6.61 Å². The van der Waals surface area contributed by atoms with E-state index in [4.69, 9.17) is 16.3 Å². The van der Waals surface area contributed by atoms with E-state index in [0.717, 1.165) is 42.9 Å². The van der Waals surface area contributed by atoms with Crippen molar-refractivity contribution in [3.05, 3.63) is 28.8 Å². The molecule has 1 atom stereocenters. The molecule has 2 aliphatic heterocycles. The summed E-state index contributed by atoms with van der Waals surface area (Å²) in [7, 11) is 0. The number of nitrogens with zero attached hydrogens (tertiary/aromatic N) is 2. The maximum atomic E-state index is 12.8. The quantitative estimate of drug-likeness (QED) is 0.704. The fourth-order valence-electron chi connectivity index (χ4n) is 4.26. The van der Waals surface area contributed by atoms with Gasteiger partial charge in [-0.25, -0.2) is 0 Å². The van der Waals surface area contributed by atoms with E-state index in [0.29, 0.717) is 11.8 Å². The molecule has 0 spiro atoms. The van der Waals surface area contributed by atoms with Gasteiger partial charge < -0.3 is 14.5 Å². The lowest BCUT2D eigenvalue weighted by atomic mass is 9.99. The number of benzene rings is 1. The predicted octanol–water partition coefficient (Wildman–Crippen LogP) is 4.67. The minimum Gasteiger partial charge on any atom is -0.484 e. The van der Waals surface area contributed by atoms with Gasteiger partial charge >= 0.3 is 0 Å². The maximum absolute atomic E-state index is 12.8. The lowest BCUT2D eigenvalue weighted by Gasteiger charge is -2.37. The first-order chi connectivity index (χ1) is 13.1. The zero-order valence-corrected chi connectivity index (χ0v) is 17.3. The van der Waals surface area contributed by atoms with Crippen molar-refractivity contribution in [3.63, 3.8) is 0 Å². The molecule has 0 saturated carbocycles. The molecule has 0 radical (unpaired) electrons. The SMILES string of the molecule is Cc1cc(OCC(=O)N2CCCCC2CCN2CCCCCC2)ccc1Cl. The Labute approximate surface area is 168 Å². The van der Waals surface area contributed by atoms with Crippen LogP contribution in [-0.4, -0.2) is 54.5 Å². The summed E-state index contributed by atoms with van der Waals surface area (Å²) in [6.07, 6.45) is 9.92. The molecule has 2 heterocycles. The summed E-state index contributed by atoms with van der Waals surface area (Å²) in [5.41, 5.74) is 0.968. The van der Waals surface area contributed by atoms with Gasteiger partial charge in [0.2, 0.25) is 0 Å². The average Bonchev–Trinajstić information content (AvgIpc) is 2.96. The highest BCUT2D eigenvalue weighted by atomic mass is 35.5. The number of rotatable bonds is 6. The number of carbonyl (C=O) groups excluding carboxylic acids is 1. The van der Waals surface area contributed by atoms with Crippen molar-refractivity contribution in [3.8, 4) is 5.75 Å². The number of piperidine rings is 1. The Morgan fingerprint density at radius 2 is 1.85 bits per heavy atom. The van der Waals surface area contributed by atoms with Gasteiger partial charge in [-0.05, 0) is 82.3 Å². The van der Waals surface area contributed by atoms with Crippen LogP contribution in [-0.2, 0) is 4.79 Å². The molecule has 5 heteroatoms. The lowest BCUT2D eigenvalue weighted by Crippen LogP contribution is -2.47. The Hall–Kier alpha value is -1.26. The molecular formula is C22H33ClN2O2. The zero-order chi connectivity index (χ0) is 19.1. The molecule has 2 saturated heterocycles. The first kappa shape index (κ1) is 20.5. The van der Waals surface area contributed by atoms with E-state index < -0.39 is 0 Å². The lowest BCUT2D eigenvalue weighted by molar-refractivity contribution is -0.137. The molecule has 0 N–H and O–H groups in total. The van der Waals surface area contributed by atoms with Crippen LogP contribution in [0, 0.1) is 6.92 Å². The maximum Gasteiger partial charge on any atom is 0.260 e. The summed E-state index contributed by atoms with van der Waals surface area (Å²) in [5.74, 6) is 0.826. The van der Waals surface area contributed by atoms with Crippen LogP contribution in [0.4, 0.5) is 0 Å². The van der Waals surface area contributed by atoms with Crippen molar-refractivity contribution in [1.82, 2.24) is 9.80 Å². The number of amides is 1. The Morgan fingerprint density at radius 1 is 1.11 bits per heavy atom. The number of likely N-dealkylation sites (tertiary alicyclic amines) is 2. The molecular weight excluding hydrogens is 360 g/mol. The van der Waals surface area contributed by atoms with Gasteiger partial charge in [-0.3, -0.25) is 4.79 Å². The Morgan fingerprint density at radius 3 is 2.59 bits per heavy atom. The molecule has 27 heavy (non-hydrogen) atoms. The minimum atomic E-state index is 0.112. The molecule has 1 aromatic carbocycles. The van der Waals surface area contributed by atoms with Crippen LogP contribution in [0.2, 0.25) is 5.02 Å². The number of carbonyl (C=O) groups is 1. The van der Waals surface area contributed by atoms with Crippen LogP contribution in [0.15, 0.2) is 18.2 Å². The molecule has 150 valence electrons. The van der Waals surface area contributed by atoms with Gasteiger partial charge in [0, 0.05) is 24.2 Å². The van der Waals surface area contributed by atoms with Crippen LogP contribution in [0.3, 0.4) is 0 Å². The summed E-state index contributed by atoms with van der Waals surface area (Å²) >= 11 is 6.06. The van der Waals surface area contributed by atoms with E-state index in [2.05, 4.69) is 9.80 Å². The third-order valence-electron chi connectivity index (χ3n) is 5.92. The van der Waals surface area contributed by atoms with E-state index in [9.17, 15) is 4.79 Å². The van der Waals surface area contributed by atoms with Crippen molar-refractivity contribution in [1.29, 1.82) is 0 Å². The van der Waals surface area contributed by atoms with Crippen molar-refractivity contribution < 1.29 is 9.53 Å². The fourth-order valence-corrected chi connectivity index (χ4v) is 4.37. The van der Waals surface area contributed by atoms with Crippen molar-refractivity contribution in [2.24, 2.45) is 0 Å². The zero-order valence-electron chi connectivity index (χ0n) is 16.6. The number of hydrogen-bond acceptors (Lipinski definition) is 3. The van der Waals surface area contributed by atoms with Crippen LogP contribution in [0.25, 0.3) is 0 Å². The van der Waals surface area contributed by atoms with Gasteiger partial charge in [0.05, 0.1) is 0 Å². The van der Waals surface area contributed by atoms with Crippen LogP contribution < -0.4 is 4.74 Å². The standard InChI is InChI=1S/C22H33ClN2O2/c1-18-16-20(9-10-21(18)23)27-17-22(26)25-14-7-4-8-19(25)11-15-24-12-5-2-3-6-13-24/h9-10,16,19H,2-8,11-15,17H2,1H3. The van der Waals surface area contributed by atoms with E-state index in [-0.39, 0.29) is 12.5 Å². The summed E-state index contributed by atoms with van der Waals surface area (Å²) in [4.78, 5) is 17.5. The first-order valence-corrected chi connectivity index (χ1v) is 10.9. The van der Waals surface area contributed by atoms with Crippen molar-refractivity contribution >= 4 is 17.5 Å². The second-order valence-corrected chi connectivity index (χ2v) is 8.39. The number of aryl methyl sites for hydroxylation is 1. The number of hydrogen-bond donors (Lipinski definition) is 0. The third-order valence-corrected chi connectivity index (χ3v) is 6.34. The molecule has 0 bridgehead atoms.